The van der Waals surface area contributed by atoms with Crippen molar-refractivity contribution >= 4 is 64.1 Å². The van der Waals surface area contributed by atoms with E-state index in [2.05, 4.69) is 5.43 Å². The number of benzene rings is 4. The van der Waals surface area contributed by atoms with Gasteiger partial charge in [-0.1, -0.05) is 76.8 Å². The van der Waals surface area contributed by atoms with E-state index in [1.165, 1.54) is 30.2 Å². The lowest BCUT2D eigenvalue weighted by atomic mass is 9.49. The van der Waals surface area contributed by atoms with Crippen LogP contribution in [0.2, 0.25) is 15.1 Å². The Morgan fingerprint density at radius 3 is 2.22 bits per heavy atom. The van der Waals surface area contributed by atoms with E-state index in [9.17, 15) is 24.6 Å². The number of fused-ring (bicyclic) bond motifs is 4. The molecular formula is C41H34Cl3N3O7. The molecule has 3 fully saturated rings. The summed E-state index contributed by atoms with van der Waals surface area (Å²) in [5.41, 5.74) is 4.26. The Kier molecular flexibility index (Phi) is 9.11. The number of aromatic hydroxyl groups is 2. The molecule has 276 valence electrons. The van der Waals surface area contributed by atoms with Crippen LogP contribution < -0.4 is 10.2 Å². The molecule has 54 heavy (non-hydrogen) atoms. The minimum absolute atomic E-state index is 0.0841. The first kappa shape index (κ1) is 36.0. The van der Waals surface area contributed by atoms with Crippen LogP contribution >= 0.6 is 34.8 Å². The van der Waals surface area contributed by atoms with Crippen molar-refractivity contribution in [1.82, 2.24) is 9.91 Å². The molecule has 1 saturated carbocycles. The van der Waals surface area contributed by atoms with Crippen LogP contribution in [0.15, 0.2) is 96.6 Å². The summed E-state index contributed by atoms with van der Waals surface area (Å²) >= 11 is 19.6. The maximum atomic E-state index is 15.4. The zero-order valence-electron chi connectivity index (χ0n) is 28.8. The van der Waals surface area contributed by atoms with Gasteiger partial charge >= 0.3 is 0 Å². The third kappa shape index (κ3) is 5.61. The Hall–Kier alpha value is -5.03. The van der Waals surface area contributed by atoms with Gasteiger partial charge in [0.2, 0.25) is 11.8 Å². The van der Waals surface area contributed by atoms with Crippen LogP contribution in [-0.2, 0) is 31.0 Å². The van der Waals surface area contributed by atoms with Gasteiger partial charge in [0.05, 0.1) is 41.0 Å². The van der Waals surface area contributed by atoms with Crippen molar-refractivity contribution in [3.63, 3.8) is 0 Å². The highest BCUT2D eigenvalue weighted by molar-refractivity contribution is 6.36. The minimum Gasteiger partial charge on any atom is -0.508 e. The van der Waals surface area contributed by atoms with Gasteiger partial charge in [-0.2, -0.15) is 5.01 Å². The van der Waals surface area contributed by atoms with Gasteiger partial charge in [-0.3, -0.25) is 29.5 Å². The Morgan fingerprint density at radius 1 is 0.815 bits per heavy atom. The second-order valence-corrected chi connectivity index (χ2v) is 15.4. The van der Waals surface area contributed by atoms with Gasteiger partial charge in [0, 0.05) is 22.5 Å². The number of rotatable bonds is 8. The van der Waals surface area contributed by atoms with Gasteiger partial charge in [-0.15, -0.1) is 0 Å². The van der Waals surface area contributed by atoms with Crippen LogP contribution in [0.5, 0.6) is 17.2 Å². The number of methoxy groups -OCH3 is 1. The summed E-state index contributed by atoms with van der Waals surface area (Å²) in [4.78, 5) is 59.9. The molecule has 6 atom stereocenters. The molecule has 10 nitrogen and oxygen atoms in total. The largest absolute Gasteiger partial charge is 0.508 e. The van der Waals surface area contributed by atoms with Crippen molar-refractivity contribution in [1.29, 1.82) is 0 Å². The van der Waals surface area contributed by atoms with Gasteiger partial charge in [-0.25, -0.2) is 0 Å². The summed E-state index contributed by atoms with van der Waals surface area (Å²) in [6.07, 6.45) is 2.68. The molecular weight excluding hydrogens is 753 g/mol. The van der Waals surface area contributed by atoms with E-state index < -0.39 is 46.8 Å². The molecule has 4 amide bonds. The number of nitrogens with zero attached hydrogens (tertiary/aromatic N) is 2. The first-order chi connectivity index (χ1) is 25.9. The Bertz CT molecular complexity index is 2250. The smallest absolute Gasteiger partial charge is 0.260 e. The number of halogens is 3. The van der Waals surface area contributed by atoms with Crippen LogP contribution in [0.25, 0.3) is 0 Å². The number of carbonyl (C=O) groups excluding carboxylic acids is 4. The normalized spacial score (nSPS) is 26.0. The highest BCUT2D eigenvalue weighted by atomic mass is 35.5. The van der Waals surface area contributed by atoms with Crippen molar-refractivity contribution in [2.24, 2.45) is 23.7 Å². The predicted molar refractivity (Wildman–Crippen MR) is 202 cm³/mol. The lowest BCUT2D eigenvalue weighted by molar-refractivity contribution is -0.141. The number of ether oxygens (including phenoxy) is 1. The van der Waals surface area contributed by atoms with E-state index >= 15 is 4.79 Å². The van der Waals surface area contributed by atoms with Crippen LogP contribution in [0.3, 0.4) is 0 Å². The molecule has 4 aromatic rings. The molecule has 2 heterocycles. The SMILES string of the molecule is COc1ccc(C23C(=O)N(Nc4ccc(Cl)cc4Cl)C(=O)C2CC2C(=CCC4C(=O)N(CCc5ccc(O)cc5)C(=O)C42)C3c2ccc(O)cc2Cl)cc1. The summed E-state index contributed by atoms with van der Waals surface area (Å²) in [5.74, 6) is -5.06. The summed E-state index contributed by atoms with van der Waals surface area (Å²) in [6.45, 7) is 0.154. The summed E-state index contributed by atoms with van der Waals surface area (Å²) in [6, 6.07) is 22.8. The number of imide groups is 2. The zero-order valence-corrected chi connectivity index (χ0v) is 31.1. The van der Waals surface area contributed by atoms with E-state index in [-0.39, 0.29) is 58.4 Å². The van der Waals surface area contributed by atoms with Gasteiger partial charge < -0.3 is 14.9 Å². The average molecular weight is 787 g/mol. The molecule has 0 spiro atoms. The maximum absolute atomic E-state index is 15.4. The molecule has 2 aliphatic heterocycles. The molecule has 0 radical (unpaired) electrons. The number of carbonyl (C=O) groups is 4. The number of nitrogens with one attached hydrogen (secondary N) is 1. The van der Waals surface area contributed by atoms with Crippen molar-refractivity contribution in [3.05, 3.63) is 128 Å². The molecule has 2 aliphatic carbocycles. The van der Waals surface area contributed by atoms with Crippen molar-refractivity contribution in [2.45, 2.75) is 30.6 Å². The number of likely N-dealkylation sites (tertiary alicyclic amines) is 1. The first-order valence-electron chi connectivity index (χ1n) is 17.5. The lowest BCUT2D eigenvalue weighted by Gasteiger charge is -2.50. The first-order valence-corrected chi connectivity index (χ1v) is 18.6. The molecule has 0 bridgehead atoms. The van der Waals surface area contributed by atoms with E-state index in [0.29, 0.717) is 28.3 Å². The molecule has 8 rings (SSSR count). The minimum atomic E-state index is -1.59. The van der Waals surface area contributed by atoms with E-state index in [4.69, 9.17) is 39.5 Å². The highest BCUT2D eigenvalue weighted by Crippen LogP contribution is 2.65. The topological polar surface area (TPSA) is 136 Å². The number of amides is 4. The number of phenols is 2. The van der Waals surface area contributed by atoms with Gasteiger partial charge in [0.25, 0.3) is 11.8 Å². The predicted octanol–water partition coefficient (Wildman–Crippen LogP) is 7.29. The van der Waals surface area contributed by atoms with E-state index in [0.717, 1.165) is 16.1 Å². The fourth-order valence-electron chi connectivity index (χ4n) is 9.13. The maximum Gasteiger partial charge on any atom is 0.260 e. The van der Waals surface area contributed by atoms with E-state index in [1.807, 2.05) is 6.08 Å². The molecule has 4 aromatic carbocycles. The lowest BCUT2D eigenvalue weighted by Crippen LogP contribution is -2.53. The molecule has 6 unspecified atom stereocenters. The Labute approximate surface area is 325 Å². The Morgan fingerprint density at radius 2 is 1.54 bits per heavy atom. The fourth-order valence-corrected chi connectivity index (χ4v) is 9.86. The van der Waals surface area contributed by atoms with Crippen LogP contribution in [0.4, 0.5) is 5.69 Å². The second kappa shape index (κ2) is 13.7. The third-order valence-electron chi connectivity index (χ3n) is 11.5. The summed E-state index contributed by atoms with van der Waals surface area (Å²) < 4.78 is 5.45. The number of hydrazine groups is 1. The zero-order chi connectivity index (χ0) is 38.1. The summed E-state index contributed by atoms with van der Waals surface area (Å²) in [7, 11) is 1.53. The molecule has 4 aliphatic rings. The number of phenolic OH excluding ortho intramolecular Hbond substituents is 2. The molecule has 0 aromatic heterocycles. The van der Waals surface area contributed by atoms with Gasteiger partial charge in [0.1, 0.15) is 17.2 Å². The number of hydrogen-bond acceptors (Lipinski definition) is 8. The highest BCUT2D eigenvalue weighted by Gasteiger charge is 2.70. The van der Waals surface area contributed by atoms with Crippen LogP contribution in [0.1, 0.15) is 35.4 Å². The summed E-state index contributed by atoms with van der Waals surface area (Å²) in [5, 5.41) is 21.9. The van der Waals surface area contributed by atoms with Crippen molar-refractivity contribution in [3.8, 4) is 17.2 Å². The second-order valence-electron chi connectivity index (χ2n) is 14.2. The molecule has 13 heteroatoms. The molecule has 2 saturated heterocycles. The van der Waals surface area contributed by atoms with Crippen molar-refractivity contribution in [2.75, 3.05) is 19.1 Å². The van der Waals surface area contributed by atoms with Crippen LogP contribution in [0, 0.1) is 23.7 Å². The monoisotopic (exact) mass is 785 g/mol. The van der Waals surface area contributed by atoms with Gasteiger partial charge in [0.15, 0.2) is 0 Å². The van der Waals surface area contributed by atoms with Crippen molar-refractivity contribution < 1.29 is 34.1 Å². The number of allylic oxidation sites excluding steroid dienone is 2. The van der Waals surface area contributed by atoms with E-state index in [1.54, 1.807) is 66.7 Å². The van der Waals surface area contributed by atoms with Gasteiger partial charge in [-0.05, 0) is 96.5 Å². The number of hydrogen-bond donors (Lipinski definition) is 3. The number of anilines is 1. The fraction of sp³-hybridized carbons (Fsp3) is 0.268. The van der Waals surface area contributed by atoms with Crippen LogP contribution in [-0.4, -0.2) is 57.4 Å². The molecule has 3 N–H and O–H groups in total. The quantitative estimate of drug-likeness (QED) is 0.125. The Balaban J connectivity index is 1.27. The average Bonchev–Trinajstić information content (AvgIpc) is 3.53. The standard InChI is InChI=1S/C41H34Cl3N3O7/c1-54-26-10-4-22(5-11-26)41-31(38(51)47(40(41)53)45-34-15-6-23(42)18-33(34)44)20-30-27(36(41)28-12-9-25(49)19-32(28)43)13-14-29-35(30)39(52)46(37(29)50)17-16-21-2-7-24(48)8-3-21/h2-13,15,18-19,29-31,35-36,45,48-49H,14,16-17,20H2,1H3. The third-order valence-corrected chi connectivity index (χ3v) is 12.4.